The summed E-state index contributed by atoms with van der Waals surface area (Å²) in [6, 6.07) is 4.73. The van der Waals surface area contributed by atoms with E-state index in [0.29, 0.717) is 4.31 Å². The first-order chi connectivity index (χ1) is 9.37. The number of sulfonamides is 1. The molecular formula is C13H15NO5S. The zero-order valence-corrected chi connectivity index (χ0v) is 11.6. The summed E-state index contributed by atoms with van der Waals surface area (Å²) in [7, 11) is -4.07. The molecular weight excluding hydrogens is 282 g/mol. The number of nitrogens with zero attached hydrogens (tertiary/aromatic N) is 1. The van der Waals surface area contributed by atoms with E-state index in [1.54, 1.807) is 12.1 Å². The predicted octanol–water partition coefficient (Wildman–Crippen LogP) is -0.196. The molecule has 0 saturated heterocycles. The Labute approximate surface area is 117 Å². The van der Waals surface area contributed by atoms with Gasteiger partial charge in [0.1, 0.15) is 12.3 Å². The van der Waals surface area contributed by atoms with Gasteiger partial charge in [0.05, 0.1) is 11.5 Å². The minimum absolute atomic E-state index is 0.0382. The van der Waals surface area contributed by atoms with Gasteiger partial charge >= 0.3 is 0 Å². The average molecular weight is 297 g/mol. The van der Waals surface area contributed by atoms with Gasteiger partial charge in [-0.05, 0) is 31.2 Å². The van der Waals surface area contributed by atoms with Crippen molar-refractivity contribution in [2.75, 3.05) is 6.61 Å². The maximum atomic E-state index is 12.5. The lowest BCUT2D eigenvalue weighted by Gasteiger charge is -2.33. The van der Waals surface area contributed by atoms with Crippen molar-refractivity contribution in [3.05, 3.63) is 42.0 Å². The molecule has 2 atom stereocenters. The van der Waals surface area contributed by atoms with Crippen LogP contribution in [0.15, 0.2) is 41.3 Å². The molecule has 0 aliphatic carbocycles. The first kappa shape index (κ1) is 14.9. The summed E-state index contributed by atoms with van der Waals surface area (Å²) in [6.45, 7) is 1.13. The molecule has 1 heterocycles. The third-order valence-corrected chi connectivity index (χ3v) is 4.99. The zero-order chi connectivity index (χ0) is 14.9. The summed E-state index contributed by atoms with van der Waals surface area (Å²) >= 11 is 0. The second-order valence-corrected chi connectivity index (χ2v) is 6.36. The second-order valence-electron chi connectivity index (χ2n) is 4.52. The van der Waals surface area contributed by atoms with Crippen LogP contribution in [0.2, 0.25) is 0 Å². The number of benzene rings is 1. The van der Waals surface area contributed by atoms with Gasteiger partial charge in [-0.25, -0.2) is 8.42 Å². The Morgan fingerprint density at radius 3 is 2.40 bits per heavy atom. The molecule has 0 radical (unpaired) electrons. The highest BCUT2D eigenvalue weighted by Crippen LogP contribution is 2.24. The second kappa shape index (κ2) is 5.45. The molecule has 108 valence electrons. The van der Waals surface area contributed by atoms with Crippen molar-refractivity contribution < 1.29 is 23.4 Å². The van der Waals surface area contributed by atoms with Crippen LogP contribution in [-0.2, 0) is 14.8 Å². The van der Waals surface area contributed by atoms with Crippen molar-refractivity contribution in [1.29, 1.82) is 0 Å². The lowest BCUT2D eigenvalue weighted by atomic mass is 10.1. The van der Waals surface area contributed by atoms with Crippen molar-refractivity contribution in [1.82, 2.24) is 4.31 Å². The van der Waals surface area contributed by atoms with E-state index in [2.05, 4.69) is 0 Å². The van der Waals surface area contributed by atoms with Crippen LogP contribution >= 0.6 is 0 Å². The molecule has 0 spiro atoms. The number of carbonyl (C=O) groups excluding carboxylic acids is 1. The summed E-state index contributed by atoms with van der Waals surface area (Å²) in [5.74, 6) is -0.562. The van der Waals surface area contributed by atoms with Gasteiger partial charge in [-0.3, -0.25) is 4.79 Å². The highest BCUT2D eigenvalue weighted by molar-refractivity contribution is 7.89. The minimum Gasteiger partial charge on any atom is -0.394 e. The highest BCUT2D eigenvalue weighted by Gasteiger charge is 2.40. The molecule has 0 unspecified atom stereocenters. The first-order valence-corrected chi connectivity index (χ1v) is 7.43. The van der Waals surface area contributed by atoms with E-state index < -0.39 is 34.7 Å². The lowest BCUT2D eigenvalue weighted by Crippen LogP contribution is -2.53. The van der Waals surface area contributed by atoms with Crippen LogP contribution in [0.5, 0.6) is 0 Å². The summed E-state index contributed by atoms with van der Waals surface area (Å²) in [6.07, 6.45) is 0.684. The molecule has 1 aliphatic rings. The fraction of sp³-hybridized carbons (Fsp3) is 0.308. The maximum absolute atomic E-state index is 12.5. The maximum Gasteiger partial charge on any atom is 0.246 e. The van der Waals surface area contributed by atoms with E-state index in [1.165, 1.54) is 12.1 Å². The van der Waals surface area contributed by atoms with E-state index in [1.807, 2.05) is 6.92 Å². The topological polar surface area (TPSA) is 94.9 Å². The SMILES string of the molecule is Cc1ccc(S(=O)(=O)N2[C@H](O)C=CC(=O)[C@H]2CO)cc1. The Bertz CT molecular complexity index is 635. The first-order valence-electron chi connectivity index (χ1n) is 5.99. The van der Waals surface area contributed by atoms with Crippen LogP contribution in [0.25, 0.3) is 0 Å². The Morgan fingerprint density at radius 1 is 1.25 bits per heavy atom. The number of hydrogen-bond donors (Lipinski definition) is 2. The molecule has 0 bridgehead atoms. The van der Waals surface area contributed by atoms with Crippen molar-refractivity contribution in [3.63, 3.8) is 0 Å². The molecule has 1 aromatic rings. The van der Waals surface area contributed by atoms with Crippen LogP contribution in [0.4, 0.5) is 0 Å². The largest absolute Gasteiger partial charge is 0.394 e. The van der Waals surface area contributed by atoms with Gasteiger partial charge in [0.2, 0.25) is 10.0 Å². The number of carbonyl (C=O) groups is 1. The van der Waals surface area contributed by atoms with Crippen LogP contribution in [-0.4, -0.2) is 47.6 Å². The van der Waals surface area contributed by atoms with E-state index in [0.717, 1.165) is 17.7 Å². The van der Waals surface area contributed by atoms with Gasteiger partial charge < -0.3 is 10.2 Å². The number of aliphatic hydroxyl groups is 2. The monoisotopic (exact) mass is 297 g/mol. The van der Waals surface area contributed by atoms with Gasteiger partial charge in [-0.2, -0.15) is 4.31 Å². The van der Waals surface area contributed by atoms with Crippen molar-refractivity contribution in [2.45, 2.75) is 24.1 Å². The molecule has 0 fully saturated rings. The van der Waals surface area contributed by atoms with E-state index >= 15 is 0 Å². The number of aliphatic hydroxyl groups excluding tert-OH is 2. The fourth-order valence-electron chi connectivity index (χ4n) is 2.00. The summed E-state index contributed by atoms with van der Waals surface area (Å²) in [4.78, 5) is 11.6. The number of ketones is 1. The summed E-state index contributed by atoms with van der Waals surface area (Å²) in [5, 5.41) is 19.1. The van der Waals surface area contributed by atoms with Gasteiger partial charge in [0, 0.05) is 0 Å². The highest BCUT2D eigenvalue weighted by atomic mass is 32.2. The van der Waals surface area contributed by atoms with Gasteiger partial charge in [0.25, 0.3) is 0 Å². The molecule has 20 heavy (non-hydrogen) atoms. The molecule has 0 aromatic heterocycles. The molecule has 7 heteroatoms. The Balaban J connectivity index is 2.49. The Morgan fingerprint density at radius 2 is 1.85 bits per heavy atom. The normalized spacial score (nSPS) is 24.1. The van der Waals surface area contributed by atoms with Crippen molar-refractivity contribution >= 4 is 15.8 Å². The molecule has 2 rings (SSSR count). The van der Waals surface area contributed by atoms with Crippen LogP contribution in [0, 0.1) is 6.92 Å². The van der Waals surface area contributed by atoms with Crippen LogP contribution in [0.3, 0.4) is 0 Å². The van der Waals surface area contributed by atoms with E-state index in [4.69, 9.17) is 0 Å². The van der Waals surface area contributed by atoms with Crippen molar-refractivity contribution in [3.8, 4) is 0 Å². The molecule has 2 N–H and O–H groups in total. The molecule has 1 aliphatic heterocycles. The van der Waals surface area contributed by atoms with Gasteiger partial charge in [0.15, 0.2) is 5.78 Å². The third-order valence-electron chi connectivity index (χ3n) is 3.10. The lowest BCUT2D eigenvalue weighted by molar-refractivity contribution is -0.122. The minimum atomic E-state index is -4.07. The summed E-state index contributed by atoms with van der Waals surface area (Å²) in [5.41, 5.74) is 0.887. The molecule has 0 amide bonds. The quantitative estimate of drug-likeness (QED) is 0.806. The van der Waals surface area contributed by atoms with Crippen molar-refractivity contribution in [2.24, 2.45) is 0 Å². The van der Waals surface area contributed by atoms with E-state index in [-0.39, 0.29) is 4.90 Å². The number of aryl methyl sites for hydroxylation is 1. The van der Waals surface area contributed by atoms with Gasteiger partial charge in [-0.1, -0.05) is 17.7 Å². The van der Waals surface area contributed by atoms with Gasteiger partial charge in [-0.15, -0.1) is 0 Å². The molecule has 1 aromatic carbocycles. The standard InChI is InChI=1S/C13H15NO5S/c1-9-2-4-10(5-3-9)20(18,19)14-11(8-15)12(16)6-7-13(14)17/h2-7,11,13,15,17H,8H2,1H3/t11-,13-/m1/s1. The molecule has 0 saturated carbocycles. The number of hydrogen-bond acceptors (Lipinski definition) is 5. The molecule has 6 nitrogen and oxygen atoms in total. The Hall–Kier alpha value is -1.54. The van der Waals surface area contributed by atoms with Crippen LogP contribution in [0.1, 0.15) is 5.56 Å². The predicted molar refractivity (Wildman–Crippen MR) is 71.2 cm³/mol. The fourth-order valence-corrected chi connectivity index (χ4v) is 3.58. The van der Waals surface area contributed by atoms with Crippen LogP contribution < -0.4 is 0 Å². The smallest absolute Gasteiger partial charge is 0.246 e. The summed E-state index contributed by atoms with van der Waals surface area (Å²) < 4.78 is 25.6. The average Bonchev–Trinajstić information content (AvgIpc) is 2.41. The Kier molecular flexibility index (Phi) is 4.05. The third kappa shape index (κ3) is 2.53. The zero-order valence-electron chi connectivity index (χ0n) is 10.8. The van der Waals surface area contributed by atoms with E-state index in [9.17, 15) is 23.4 Å². The number of rotatable bonds is 3.